The van der Waals surface area contributed by atoms with Crippen LogP contribution in [0.4, 0.5) is 6.01 Å². The minimum absolute atomic E-state index is 0.0535. The third-order valence-corrected chi connectivity index (χ3v) is 3.04. The Morgan fingerprint density at radius 2 is 2.00 bits per heavy atom. The minimum atomic E-state index is -0.359. The molecule has 2 aromatic rings. The van der Waals surface area contributed by atoms with Gasteiger partial charge in [0.15, 0.2) is 5.58 Å². The molecular weight excluding hydrogens is 254 g/mol. The van der Waals surface area contributed by atoms with Gasteiger partial charge >= 0.3 is 0 Å². The van der Waals surface area contributed by atoms with Crippen molar-refractivity contribution in [1.29, 1.82) is 0 Å². The Morgan fingerprint density at radius 1 is 1.35 bits per heavy atom. The van der Waals surface area contributed by atoms with E-state index < -0.39 is 0 Å². The van der Waals surface area contributed by atoms with E-state index in [2.05, 4.69) is 10.3 Å². The fourth-order valence-electron chi connectivity index (χ4n) is 1.83. The number of nitrogens with one attached hydrogen (secondary N) is 1. The zero-order valence-corrected chi connectivity index (χ0v) is 12.6. The molecule has 0 aliphatic heterocycles. The van der Waals surface area contributed by atoms with Crippen molar-refractivity contribution in [2.75, 3.05) is 11.9 Å². The molecule has 0 radical (unpaired) electrons. The summed E-state index contributed by atoms with van der Waals surface area (Å²) < 4.78 is 5.67. The maximum atomic E-state index is 12.2. The second-order valence-corrected chi connectivity index (χ2v) is 5.99. The molecule has 1 heterocycles. The lowest BCUT2D eigenvalue weighted by atomic mass is 10.1. The molecule has 2 rings (SSSR count). The van der Waals surface area contributed by atoms with Crippen LogP contribution in [0.2, 0.25) is 0 Å². The molecule has 108 valence electrons. The number of rotatable bonds is 3. The summed E-state index contributed by atoms with van der Waals surface area (Å²) in [5.41, 5.74) is 1.25. The number of likely N-dealkylation sites (N-methyl/N-ethyl adjacent to an activating group) is 1. The summed E-state index contributed by atoms with van der Waals surface area (Å²) in [6, 6.07) is 7.64. The highest BCUT2D eigenvalue weighted by molar-refractivity contribution is 5.85. The number of hydrogen-bond acceptors (Lipinski definition) is 4. The number of carbonyl (C=O) groups is 1. The summed E-state index contributed by atoms with van der Waals surface area (Å²) in [6.07, 6.45) is 0. The van der Waals surface area contributed by atoms with Crippen LogP contribution in [-0.4, -0.2) is 29.5 Å². The first-order valence-corrected chi connectivity index (χ1v) is 6.68. The first-order chi connectivity index (χ1) is 9.28. The number of benzene rings is 1. The molecular formula is C15H21N3O2. The fraction of sp³-hybridized carbons (Fsp3) is 0.467. The smallest absolute Gasteiger partial charge is 0.298 e. The van der Waals surface area contributed by atoms with Gasteiger partial charge in [0.1, 0.15) is 11.6 Å². The summed E-state index contributed by atoms with van der Waals surface area (Å²) in [5.74, 6) is -0.0535. The van der Waals surface area contributed by atoms with Crippen LogP contribution in [0.15, 0.2) is 28.7 Å². The van der Waals surface area contributed by atoms with E-state index in [9.17, 15) is 4.79 Å². The first-order valence-electron chi connectivity index (χ1n) is 6.68. The van der Waals surface area contributed by atoms with E-state index in [1.807, 2.05) is 52.0 Å². The largest absolute Gasteiger partial charge is 0.423 e. The van der Waals surface area contributed by atoms with E-state index >= 15 is 0 Å². The summed E-state index contributed by atoms with van der Waals surface area (Å²) in [5, 5.41) is 2.95. The van der Waals surface area contributed by atoms with Gasteiger partial charge in [0.05, 0.1) is 0 Å². The Labute approximate surface area is 119 Å². The summed E-state index contributed by atoms with van der Waals surface area (Å²) in [4.78, 5) is 18.3. The Kier molecular flexibility index (Phi) is 3.70. The molecule has 0 spiro atoms. The number of amides is 1. The van der Waals surface area contributed by atoms with Crippen LogP contribution < -0.4 is 10.2 Å². The number of anilines is 1. The van der Waals surface area contributed by atoms with Crippen molar-refractivity contribution in [3.8, 4) is 0 Å². The monoisotopic (exact) mass is 275 g/mol. The molecule has 1 aromatic heterocycles. The van der Waals surface area contributed by atoms with Crippen molar-refractivity contribution in [3.63, 3.8) is 0 Å². The molecule has 20 heavy (non-hydrogen) atoms. The number of para-hydroxylation sites is 2. The van der Waals surface area contributed by atoms with Gasteiger partial charge in [0, 0.05) is 12.6 Å². The van der Waals surface area contributed by atoms with Crippen LogP contribution in [0.3, 0.4) is 0 Å². The van der Waals surface area contributed by atoms with E-state index in [0.717, 1.165) is 11.1 Å². The normalized spacial score (nSPS) is 13.2. The topological polar surface area (TPSA) is 58.4 Å². The number of carbonyl (C=O) groups excluding carboxylic acids is 1. The fourth-order valence-corrected chi connectivity index (χ4v) is 1.83. The van der Waals surface area contributed by atoms with Gasteiger partial charge in [-0.05, 0) is 39.8 Å². The van der Waals surface area contributed by atoms with Gasteiger partial charge in [-0.15, -0.1) is 0 Å². The van der Waals surface area contributed by atoms with Crippen LogP contribution >= 0.6 is 0 Å². The molecule has 1 amide bonds. The molecule has 0 aliphatic carbocycles. The Hall–Kier alpha value is -2.04. The molecule has 0 fully saturated rings. The molecule has 0 unspecified atom stereocenters. The molecule has 5 heteroatoms. The predicted molar refractivity (Wildman–Crippen MR) is 79.8 cm³/mol. The van der Waals surface area contributed by atoms with E-state index in [-0.39, 0.29) is 17.5 Å². The third-order valence-electron chi connectivity index (χ3n) is 3.04. The average Bonchev–Trinajstić information content (AvgIpc) is 2.78. The Balaban J connectivity index is 2.17. The van der Waals surface area contributed by atoms with Gasteiger partial charge in [-0.1, -0.05) is 12.1 Å². The lowest BCUT2D eigenvalue weighted by Gasteiger charge is -2.27. The molecule has 0 aliphatic rings. The molecule has 1 aromatic carbocycles. The lowest BCUT2D eigenvalue weighted by molar-refractivity contribution is -0.123. The van der Waals surface area contributed by atoms with Crippen molar-refractivity contribution < 1.29 is 9.21 Å². The van der Waals surface area contributed by atoms with Crippen LogP contribution in [0.25, 0.3) is 11.1 Å². The lowest BCUT2D eigenvalue weighted by Crippen LogP contribution is -2.50. The van der Waals surface area contributed by atoms with Gasteiger partial charge in [0.2, 0.25) is 5.91 Å². The zero-order valence-electron chi connectivity index (χ0n) is 12.6. The zero-order chi connectivity index (χ0) is 14.9. The van der Waals surface area contributed by atoms with Gasteiger partial charge < -0.3 is 14.6 Å². The highest BCUT2D eigenvalue weighted by atomic mass is 16.4. The maximum absolute atomic E-state index is 12.2. The van der Waals surface area contributed by atoms with Gasteiger partial charge in [-0.3, -0.25) is 4.79 Å². The predicted octanol–water partition coefficient (Wildman–Crippen LogP) is 2.57. The maximum Gasteiger partial charge on any atom is 0.298 e. The third kappa shape index (κ3) is 3.10. The van der Waals surface area contributed by atoms with Crippen molar-refractivity contribution in [3.05, 3.63) is 24.3 Å². The number of aromatic nitrogens is 1. The first kappa shape index (κ1) is 14.4. The Morgan fingerprint density at radius 3 is 2.60 bits per heavy atom. The second-order valence-electron chi connectivity index (χ2n) is 5.99. The van der Waals surface area contributed by atoms with Crippen LogP contribution in [-0.2, 0) is 4.79 Å². The van der Waals surface area contributed by atoms with Crippen molar-refractivity contribution in [1.82, 2.24) is 10.3 Å². The van der Waals surface area contributed by atoms with Crippen LogP contribution in [0.1, 0.15) is 27.7 Å². The summed E-state index contributed by atoms with van der Waals surface area (Å²) in [6.45, 7) is 7.70. The minimum Gasteiger partial charge on any atom is -0.423 e. The van der Waals surface area contributed by atoms with Gasteiger partial charge in [0.25, 0.3) is 6.01 Å². The molecule has 0 bridgehead atoms. The SMILES string of the molecule is C[C@@H](C(=O)NC(C)(C)C)N(C)c1nc2ccccc2o1. The van der Waals surface area contributed by atoms with E-state index in [1.54, 1.807) is 11.9 Å². The number of oxazole rings is 1. The van der Waals surface area contributed by atoms with E-state index in [4.69, 9.17) is 4.42 Å². The van der Waals surface area contributed by atoms with Crippen molar-refractivity contribution >= 4 is 23.0 Å². The van der Waals surface area contributed by atoms with Gasteiger partial charge in [-0.25, -0.2) is 0 Å². The standard InChI is InChI=1S/C15H21N3O2/c1-10(13(19)17-15(2,3)4)18(5)14-16-11-8-6-7-9-12(11)20-14/h6-10H,1-5H3,(H,17,19)/t10-/m0/s1. The average molecular weight is 275 g/mol. The highest BCUT2D eigenvalue weighted by Gasteiger charge is 2.25. The summed E-state index contributed by atoms with van der Waals surface area (Å²) >= 11 is 0. The molecule has 5 nitrogen and oxygen atoms in total. The summed E-state index contributed by atoms with van der Waals surface area (Å²) in [7, 11) is 1.80. The van der Waals surface area contributed by atoms with Crippen LogP contribution in [0.5, 0.6) is 0 Å². The van der Waals surface area contributed by atoms with E-state index in [0.29, 0.717) is 6.01 Å². The number of hydrogen-bond donors (Lipinski definition) is 1. The second kappa shape index (κ2) is 5.15. The number of fused-ring (bicyclic) bond motifs is 1. The molecule has 1 atom stereocenters. The van der Waals surface area contributed by atoms with Crippen molar-refractivity contribution in [2.24, 2.45) is 0 Å². The molecule has 0 saturated heterocycles. The van der Waals surface area contributed by atoms with Crippen molar-refractivity contribution in [2.45, 2.75) is 39.3 Å². The van der Waals surface area contributed by atoms with Crippen LogP contribution in [0, 0.1) is 0 Å². The Bertz CT molecular complexity index is 580. The quantitative estimate of drug-likeness (QED) is 0.935. The molecule has 0 saturated carbocycles. The van der Waals surface area contributed by atoms with E-state index in [1.165, 1.54) is 0 Å². The number of nitrogens with zero attached hydrogens (tertiary/aromatic N) is 2. The molecule has 1 N–H and O–H groups in total. The van der Waals surface area contributed by atoms with Gasteiger partial charge in [-0.2, -0.15) is 4.98 Å². The highest BCUT2D eigenvalue weighted by Crippen LogP contribution is 2.22.